The van der Waals surface area contributed by atoms with Gasteiger partial charge in [0.2, 0.25) is 5.91 Å². The lowest BCUT2D eigenvalue weighted by Crippen LogP contribution is -2.51. The van der Waals surface area contributed by atoms with E-state index in [2.05, 4.69) is 14.9 Å². The Hall–Kier alpha value is -3.03. The monoisotopic (exact) mass is 411 g/mol. The summed E-state index contributed by atoms with van der Waals surface area (Å²) in [5.41, 5.74) is 1.34. The molecule has 0 aromatic carbocycles. The predicted molar refractivity (Wildman–Crippen MR) is 108 cm³/mol. The van der Waals surface area contributed by atoms with Gasteiger partial charge in [-0.1, -0.05) is 0 Å². The van der Waals surface area contributed by atoms with Crippen LogP contribution < -0.4 is 4.90 Å². The number of rotatable bonds is 5. The van der Waals surface area contributed by atoms with Crippen LogP contribution in [0.5, 0.6) is 0 Å². The first-order valence-electron chi connectivity index (χ1n) is 10.4. The number of anilines is 1. The van der Waals surface area contributed by atoms with Crippen molar-refractivity contribution in [3.63, 3.8) is 0 Å². The van der Waals surface area contributed by atoms with E-state index in [-0.39, 0.29) is 29.5 Å². The van der Waals surface area contributed by atoms with Gasteiger partial charge >= 0.3 is 0 Å². The number of carbonyl (C=O) groups is 1. The maximum atomic E-state index is 14.3. The summed E-state index contributed by atoms with van der Waals surface area (Å²) in [6.07, 6.45) is 7.52. The van der Waals surface area contributed by atoms with Crippen molar-refractivity contribution in [3.05, 3.63) is 60.2 Å². The predicted octanol–water partition coefficient (Wildman–Crippen LogP) is 3.07. The average Bonchev–Trinajstić information content (AvgIpc) is 3.35. The van der Waals surface area contributed by atoms with Crippen LogP contribution in [0.25, 0.3) is 5.65 Å². The fourth-order valence-corrected chi connectivity index (χ4v) is 4.80. The van der Waals surface area contributed by atoms with Crippen LogP contribution >= 0.6 is 0 Å². The van der Waals surface area contributed by atoms with Crippen molar-refractivity contribution >= 4 is 17.4 Å². The minimum Gasteiger partial charge on any atom is -0.353 e. The fraction of sp³-hybridized carbons (Fsp3) is 0.409. The summed E-state index contributed by atoms with van der Waals surface area (Å²) in [6, 6.07) is 6.37. The molecule has 2 saturated heterocycles. The van der Waals surface area contributed by atoms with E-state index in [9.17, 15) is 13.6 Å². The number of amides is 1. The fourth-order valence-electron chi connectivity index (χ4n) is 4.80. The summed E-state index contributed by atoms with van der Waals surface area (Å²) in [5.74, 6) is 0.333. The van der Waals surface area contributed by atoms with E-state index < -0.39 is 0 Å². The summed E-state index contributed by atoms with van der Waals surface area (Å²) in [6.45, 7) is 2.06. The van der Waals surface area contributed by atoms with Crippen LogP contribution in [0.3, 0.4) is 0 Å². The van der Waals surface area contributed by atoms with Gasteiger partial charge in [-0.2, -0.15) is 0 Å². The molecule has 0 spiro atoms. The number of imidazole rings is 1. The molecule has 0 saturated carbocycles. The summed E-state index contributed by atoms with van der Waals surface area (Å²) < 4.78 is 29.2. The van der Waals surface area contributed by atoms with E-state index in [1.54, 1.807) is 28.9 Å². The van der Waals surface area contributed by atoms with Crippen molar-refractivity contribution in [1.29, 1.82) is 0 Å². The lowest BCUT2D eigenvalue weighted by Gasteiger charge is -2.38. The van der Waals surface area contributed by atoms with Crippen LogP contribution in [0, 0.1) is 17.6 Å². The number of hydrogen-bond acceptors (Lipinski definition) is 4. The normalized spacial score (nSPS) is 21.5. The van der Waals surface area contributed by atoms with Gasteiger partial charge in [0.25, 0.3) is 0 Å². The van der Waals surface area contributed by atoms with E-state index in [0.717, 1.165) is 30.7 Å². The SMILES string of the molecule is O=C1C(CCCc2c(F)ccc3nccn23)C[C@H]2CN(c3ccc(F)cn3)CCN12. The minimum absolute atomic E-state index is 0.0267. The maximum absolute atomic E-state index is 14.3. The molecular weight excluding hydrogens is 388 g/mol. The standard InChI is InChI=1S/C22H23F2N5O/c23-16-4-6-20(26-13-16)27-10-11-28-17(14-27)12-15(22(28)30)2-1-3-19-18(24)5-7-21-25-8-9-29(19)21/h4-9,13,15,17H,1-3,10-12,14H2/t15?,17-/m0/s1. The second kappa shape index (κ2) is 7.66. The van der Waals surface area contributed by atoms with Gasteiger partial charge in [-0.3, -0.25) is 4.79 Å². The Bertz CT molecular complexity index is 1070. The molecular formula is C22H23F2N5O. The third kappa shape index (κ3) is 3.40. The molecule has 5 rings (SSSR count). The van der Waals surface area contributed by atoms with E-state index in [1.165, 1.54) is 18.3 Å². The van der Waals surface area contributed by atoms with Gasteiger partial charge in [0.1, 0.15) is 23.1 Å². The molecule has 1 amide bonds. The molecule has 3 aromatic rings. The smallest absolute Gasteiger partial charge is 0.226 e. The Labute approximate surface area is 173 Å². The molecule has 0 radical (unpaired) electrons. The Morgan fingerprint density at radius 3 is 2.83 bits per heavy atom. The van der Waals surface area contributed by atoms with Gasteiger partial charge in [-0.05, 0) is 49.9 Å². The van der Waals surface area contributed by atoms with Crippen LogP contribution in [-0.4, -0.2) is 50.9 Å². The summed E-state index contributed by atoms with van der Waals surface area (Å²) in [5, 5.41) is 0. The van der Waals surface area contributed by atoms with E-state index >= 15 is 0 Å². The quantitative estimate of drug-likeness (QED) is 0.648. The number of fused-ring (bicyclic) bond motifs is 2. The van der Waals surface area contributed by atoms with Crippen molar-refractivity contribution in [2.45, 2.75) is 31.7 Å². The topological polar surface area (TPSA) is 53.7 Å². The zero-order chi connectivity index (χ0) is 20.7. The summed E-state index contributed by atoms with van der Waals surface area (Å²) >= 11 is 0. The van der Waals surface area contributed by atoms with Gasteiger partial charge in [0.05, 0.1) is 17.9 Å². The van der Waals surface area contributed by atoms with Gasteiger partial charge in [0.15, 0.2) is 0 Å². The van der Waals surface area contributed by atoms with Crippen LogP contribution in [0.2, 0.25) is 0 Å². The summed E-state index contributed by atoms with van der Waals surface area (Å²) in [4.78, 5) is 25.3. The average molecular weight is 411 g/mol. The molecule has 2 fully saturated rings. The van der Waals surface area contributed by atoms with E-state index in [0.29, 0.717) is 31.7 Å². The van der Waals surface area contributed by atoms with Crippen molar-refractivity contribution in [2.75, 3.05) is 24.5 Å². The number of pyridine rings is 2. The number of halogens is 2. The molecule has 2 aliphatic heterocycles. The van der Waals surface area contributed by atoms with Crippen molar-refractivity contribution < 1.29 is 13.6 Å². The Morgan fingerprint density at radius 1 is 1.10 bits per heavy atom. The molecule has 2 aliphatic rings. The molecule has 1 unspecified atom stereocenters. The molecule has 0 bridgehead atoms. The molecule has 0 N–H and O–H groups in total. The second-order valence-electron chi connectivity index (χ2n) is 8.07. The largest absolute Gasteiger partial charge is 0.353 e. The minimum atomic E-state index is -0.351. The molecule has 6 nitrogen and oxygen atoms in total. The zero-order valence-corrected chi connectivity index (χ0v) is 16.5. The lowest BCUT2D eigenvalue weighted by molar-refractivity contribution is -0.132. The Morgan fingerprint density at radius 2 is 2.00 bits per heavy atom. The van der Waals surface area contributed by atoms with Crippen molar-refractivity contribution in [2.24, 2.45) is 5.92 Å². The first-order valence-corrected chi connectivity index (χ1v) is 10.4. The molecule has 3 aromatic heterocycles. The highest BCUT2D eigenvalue weighted by Crippen LogP contribution is 2.32. The van der Waals surface area contributed by atoms with Gasteiger partial charge in [-0.15, -0.1) is 0 Å². The first-order chi connectivity index (χ1) is 14.6. The number of hydrogen-bond donors (Lipinski definition) is 0. The van der Waals surface area contributed by atoms with Crippen LogP contribution in [-0.2, 0) is 11.2 Å². The van der Waals surface area contributed by atoms with Crippen molar-refractivity contribution in [3.8, 4) is 0 Å². The van der Waals surface area contributed by atoms with Crippen LogP contribution in [0.4, 0.5) is 14.6 Å². The van der Waals surface area contributed by atoms with Crippen molar-refractivity contribution in [1.82, 2.24) is 19.3 Å². The number of nitrogens with zero attached hydrogens (tertiary/aromatic N) is 5. The maximum Gasteiger partial charge on any atom is 0.226 e. The Balaban J connectivity index is 1.21. The number of aromatic nitrogens is 3. The molecule has 2 atom stereocenters. The second-order valence-corrected chi connectivity index (χ2v) is 8.07. The summed E-state index contributed by atoms with van der Waals surface area (Å²) in [7, 11) is 0. The third-order valence-corrected chi connectivity index (χ3v) is 6.29. The van der Waals surface area contributed by atoms with Gasteiger partial charge < -0.3 is 14.2 Å². The Kier molecular flexibility index (Phi) is 4.84. The highest BCUT2D eigenvalue weighted by Gasteiger charge is 2.42. The van der Waals surface area contributed by atoms with Crippen LogP contribution in [0.1, 0.15) is 25.0 Å². The van der Waals surface area contributed by atoms with Gasteiger partial charge in [-0.25, -0.2) is 18.7 Å². The number of aryl methyl sites for hydroxylation is 1. The lowest BCUT2D eigenvalue weighted by atomic mass is 9.97. The molecule has 156 valence electrons. The van der Waals surface area contributed by atoms with E-state index in [4.69, 9.17) is 0 Å². The zero-order valence-electron chi connectivity index (χ0n) is 16.5. The molecule has 30 heavy (non-hydrogen) atoms. The third-order valence-electron chi connectivity index (χ3n) is 6.29. The number of carbonyl (C=O) groups excluding carboxylic acids is 1. The molecule has 5 heterocycles. The highest BCUT2D eigenvalue weighted by molar-refractivity contribution is 5.82. The number of piperazine rings is 1. The van der Waals surface area contributed by atoms with Crippen LogP contribution in [0.15, 0.2) is 42.9 Å². The highest BCUT2D eigenvalue weighted by atomic mass is 19.1. The molecule has 8 heteroatoms. The molecule has 0 aliphatic carbocycles. The van der Waals surface area contributed by atoms with Gasteiger partial charge in [0, 0.05) is 37.9 Å². The first kappa shape index (κ1) is 19.0. The van der Waals surface area contributed by atoms with E-state index in [1.807, 2.05) is 4.90 Å².